The molecule has 0 bridgehead atoms. The third-order valence-corrected chi connectivity index (χ3v) is 7.93. The normalized spacial score (nSPS) is 17.7. The van der Waals surface area contributed by atoms with Crippen LogP contribution in [0.4, 0.5) is 4.79 Å². The molecule has 0 atom stereocenters. The largest absolute Gasteiger partial charge is 0.445 e. The molecular formula is C21H19Cl2N3O6S. The maximum absolute atomic E-state index is 12.7. The summed E-state index contributed by atoms with van der Waals surface area (Å²) in [6.45, 7) is 1.10. The van der Waals surface area contributed by atoms with Crippen molar-refractivity contribution in [2.45, 2.75) is 30.4 Å². The molecule has 12 heteroatoms. The van der Waals surface area contributed by atoms with E-state index in [2.05, 4.69) is 9.71 Å². The lowest BCUT2D eigenvalue weighted by molar-refractivity contribution is -0.0669. The van der Waals surface area contributed by atoms with E-state index < -0.39 is 21.9 Å². The number of carbonyl (C=O) groups is 1. The van der Waals surface area contributed by atoms with Crippen LogP contribution < -0.4 is 10.5 Å². The van der Waals surface area contributed by atoms with Crippen LogP contribution in [0, 0.1) is 5.41 Å². The number of rotatable bonds is 5. The zero-order chi connectivity index (χ0) is 23.4. The van der Waals surface area contributed by atoms with Gasteiger partial charge < -0.3 is 14.1 Å². The van der Waals surface area contributed by atoms with E-state index >= 15 is 0 Å². The highest BCUT2D eigenvalue weighted by Crippen LogP contribution is 2.48. The van der Waals surface area contributed by atoms with E-state index in [0.29, 0.717) is 47.1 Å². The number of aromatic nitrogens is 1. The molecule has 9 nitrogen and oxygen atoms in total. The van der Waals surface area contributed by atoms with Gasteiger partial charge in [0.1, 0.15) is 6.61 Å². The van der Waals surface area contributed by atoms with Gasteiger partial charge in [0.2, 0.25) is 10.0 Å². The molecule has 3 aromatic rings. The van der Waals surface area contributed by atoms with Gasteiger partial charge in [0, 0.05) is 40.7 Å². The fourth-order valence-corrected chi connectivity index (χ4v) is 6.35. The van der Waals surface area contributed by atoms with Crippen LogP contribution >= 0.6 is 23.2 Å². The standard InChI is InChI=1S/C21H19Cl2N3O6S/c22-13-3-12(4-14(23)5-13)9-31-20(28)26-10-21(11-26)7-15(8-21)25-33(29,30)16-1-2-17-18(6-16)32-19(27)24-17/h1-6,15,25H,7-11H2,(H,24,27). The number of nitrogens with one attached hydrogen (secondary N) is 2. The summed E-state index contributed by atoms with van der Waals surface area (Å²) in [7, 11) is -3.77. The maximum atomic E-state index is 12.7. The van der Waals surface area contributed by atoms with Crippen LogP contribution in [0.1, 0.15) is 18.4 Å². The van der Waals surface area contributed by atoms with Crippen molar-refractivity contribution in [2.24, 2.45) is 5.41 Å². The minimum absolute atomic E-state index is 0.0265. The smallest absolute Gasteiger partial charge is 0.417 e. The van der Waals surface area contributed by atoms with Gasteiger partial charge >= 0.3 is 11.8 Å². The summed E-state index contributed by atoms with van der Waals surface area (Å²) >= 11 is 11.9. The number of hydrogen-bond acceptors (Lipinski definition) is 6. The Morgan fingerprint density at radius 3 is 2.58 bits per heavy atom. The van der Waals surface area contributed by atoms with Gasteiger partial charge in [-0.25, -0.2) is 22.7 Å². The molecule has 0 unspecified atom stereocenters. The number of halogens is 2. The number of H-pyrrole nitrogens is 1. The number of aromatic amines is 1. The molecule has 2 heterocycles. The van der Waals surface area contributed by atoms with Crippen molar-refractivity contribution in [3.8, 4) is 0 Å². The summed E-state index contributed by atoms with van der Waals surface area (Å²) in [6, 6.07) is 8.97. The minimum atomic E-state index is -3.77. The van der Waals surface area contributed by atoms with Gasteiger partial charge in [0.05, 0.1) is 10.4 Å². The quantitative estimate of drug-likeness (QED) is 0.540. The van der Waals surface area contributed by atoms with E-state index in [1.165, 1.54) is 18.2 Å². The Morgan fingerprint density at radius 2 is 1.88 bits per heavy atom. The molecule has 1 aliphatic heterocycles. The Balaban J connectivity index is 1.12. The predicted octanol–water partition coefficient (Wildman–Crippen LogP) is 3.51. The Labute approximate surface area is 198 Å². The van der Waals surface area contributed by atoms with E-state index in [1.807, 2.05) is 0 Å². The Hall–Kier alpha value is -2.53. The van der Waals surface area contributed by atoms with E-state index in [9.17, 15) is 18.0 Å². The van der Waals surface area contributed by atoms with Gasteiger partial charge in [-0.05, 0) is 48.7 Å². The number of ether oxygens (including phenoxy) is 1. The number of fused-ring (bicyclic) bond motifs is 1. The van der Waals surface area contributed by atoms with Crippen LogP contribution in [0.15, 0.2) is 50.5 Å². The minimum Gasteiger partial charge on any atom is -0.445 e. The molecule has 2 fully saturated rings. The van der Waals surface area contributed by atoms with Crippen molar-refractivity contribution in [3.63, 3.8) is 0 Å². The number of amides is 1. The molecule has 2 aromatic carbocycles. The molecule has 33 heavy (non-hydrogen) atoms. The number of hydrogen-bond donors (Lipinski definition) is 2. The van der Waals surface area contributed by atoms with Crippen LogP contribution in [0.3, 0.4) is 0 Å². The van der Waals surface area contributed by atoms with Gasteiger partial charge in [0.15, 0.2) is 5.58 Å². The summed E-state index contributed by atoms with van der Waals surface area (Å²) < 4.78 is 38.4. The molecule has 1 amide bonds. The van der Waals surface area contributed by atoms with E-state index in [1.54, 1.807) is 23.1 Å². The summed E-state index contributed by atoms with van der Waals surface area (Å²) in [4.78, 5) is 27.7. The summed E-state index contributed by atoms with van der Waals surface area (Å²) in [5.74, 6) is -0.641. The molecule has 1 spiro atoms. The molecule has 1 saturated heterocycles. The topological polar surface area (TPSA) is 122 Å². The number of oxazole rings is 1. The molecule has 5 rings (SSSR count). The first-order valence-electron chi connectivity index (χ1n) is 10.1. The molecule has 1 aromatic heterocycles. The highest BCUT2D eigenvalue weighted by Gasteiger charge is 2.54. The number of benzene rings is 2. The van der Waals surface area contributed by atoms with E-state index in [0.717, 1.165) is 0 Å². The number of carbonyl (C=O) groups excluding carboxylic acids is 1. The number of nitrogens with zero attached hydrogens (tertiary/aromatic N) is 1. The Morgan fingerprint density at radius 1 is 1.18 bits per heavy atom. The van der Waals surface area contributed by atoms with Gasteiger partial charge in [0.25, 0.3) is 0 Å². The third kappa shape index (κ3) is 4.48. The molecule has 1 aliphatic carbocycles. The molecule has 2 N–H and O–H groups in total. The average Bonchev–Trinajstić information content (AvgIpc) is 3.05. The zero-order valence-electron chi connectivity index (χ0n) is 17.1. The highest BCUT2D eigenvalue weighted by atomic mass is 35.5. The van der Waals surface area contributed by atoms with Crippen molar-refractivity contribution in [2.75, 3.05) is 13.1 Å². The second kappa shape index (κ2) is 8.05. The lowest BCUT2D eigenvalue weighted by Gasteiger charge is -2.58. The summed E-state index contributed by atoms with van der Waals surface area (Å²) in [5.41, 5.74) is 1.22. The second-order valence-corrected chi connectivity index (χ2v) is 11.2. The second-order valence-electron chi connectivity index (χ2n) is 8.59. The van der Waals surface area contributed by atoms with Crippen molar-refractivity contribution >= 4 is 50.4 Å². The average molecular weight is 512 g/mol. The fraction of sp³-hybridized carbons (Fsp3) is 0.333. The SMILES string of the molecule is O=C(OCc1cc(Cl)cc(Cl)c1)N1CC2(CC(NS(=O)(=O)c3ccc4[nH]c(=O)oc4c3)C2)C1. The van der Waals surface area contributed by atoms with E-state index in [-0.39, 0.29) is 28.5 Å². The predicted molar refractivity (Wildman–Crippen MR) is 121 cm³/mol. The molecule has 174 valence electrons. The first kappa shape index (κ1) is 22.3. The van der Waals surface area contributed by atoms with Crippen molar-refractivity contribution in [3.05, 3.63) is 62.6 Å². The monoisotopic (exact) mass is 511 g/mol. The van der Waals surface area contributed by atoms with Crippen LogP contribution in [-0.4, -0.2) is 43.5 Å². The van der Waals surface area contributed by atoms with Crippen molar-refractivity contribution in [1.29, 1.82) is 0 Å². The molecule has 2 aliphatic rings. The first-order valence-corrected chi connectivity index (χ1v) is 12.4. The number of sulfonamides is 1. The summed E-state index contributed by atoms with van der Waals surface area (Å²) in [6.07, 6.45) is 0.824. The lowest BCUT2D eigenvalue weighted by Crippen LogP contribution is -2.67. The van der Waals surface area contributed by atoms with Gasteiger partial charge in [-0.1, -0.05) is 23.2 Å². The molecule has 1 saturated carbocycles. The van der Waals surface area contributed by atoms with Crippen LogP contribution in [0.2, 0.25) is 10.0 Å². The van der Waals surface area contributed by atoms with Gasteiger partial charge in [-0.3, -0.25) is 4.98 Å². The van der Waals surface area contributed by atoms with Gasteiger partial charge in [-0.2, -0.15) is 0 Å². The van der Waals surface area contributed by atoms with E-state index in [4.69, 9.17) is 32.4 Å². The Kier molecular flexibility index (Phi) is 5.43. The third-order valence-electron chi connectivity index (χ3n) is 5.98. The summed E-state index contributed by atoms with van der Waals surface area (Å²) in [5, 5.41) is 0.939. The maximum Gasteiger partial charge on any atom is 0.417 e. The van der Waals surface area contributed by atoms with Crippen LogP contribution in [0.5, 0.6) is 0 Å². The number of likely N-dealkylation sites (tertiary alicyclic amines) is 1. The van der Waals surface area contributed by atoms with Crippen LogP contribution in [0.25, 0.3) is 11.1 Å². The first-order chi connectivity index (χ1) is 15.6. The molecule has 0 radical (unpaired) electrons. The van der Waals surface area contributed by atoms with Crippen molar-refractivity contribution < 1.29 is 22.4 Å². The van der Waals surface area contributed by atoms with Crippen molar-refractivity contribution in [1.82, 2.24) is 14.6 Å². The Bertz CT molecular complexity index is 1380. The zero-order valence-corrected chi connectivity index (χ0v) is 19.5. The van der Waals surface area contributed by atoms with Gasteiger partial charge in [-0.15, -0.1) is 0 Å². The lowest BCUT2D eigenvalue weighted by atomic mass is 9.61. The highest BCUT2D eigenvalue weighted by molar-refractivity contribution is 7.89. The molecular weight excluding hydrogens is 493 g/mol. The van der Waals surface area contributed by atoms with Crippen LogP contribution in [-0.2, 0) is 21.4 Å². The fourth-order valence-electron chi connectivity index (χ4n) is 4.53.